The van der Waals surface area contributed by atoms with Gasteiger partial charge in [0, 0.05) is 6.61 Å². The molecule has 0 aliphatic carbocycles. The van der Waals surface area contributed by atoms with E-state index in [1.54, 1.807) is 6.20 Å². The van der Waals surface area contributed by atoms with Gasteiger partial charge in [-0.15, -0.1) is 0 Å². The molecule has 0 aromatic carbocycles. The van der Waals surface area contributed by atoms with Crippen molar-refractivity contribution in [2.45, 2.75) is 32.2 Å². The quantitative estimate of drug-likeness (QED) is 0.801. The molecule has 0 radical (unpaired) electrons. The smallest absolute Gasteiger partial charge is 0.129 e. The lowest BCUT2D eigenvalue weighted by Crippen LogP contribution is -2.43. The summed E-state index contributed by atoms with van der Waals surface area (Å²) in [6, 6.07) is 1.93. The van der Waals surface area contributed by atoms with Crippen LogP contribution in [0.15, 0.2) is 12.3 Å². The SMILES string of the molecule is Cc1cc(N)cnc1NC1(C)CCCOC1. The van der Waals surface area contributed by atoms with E-state index in [2.05, 4.69) is 17.2 Å². The van der Waals surface area contributed by atoms with Gasteiger partial charge in [-0.05, 0) is 38.3 Å². The minimum absolute atomic E-state index is 0.00781. The fourth-order valence-corrected chi connectivity index (χ4v) is 2.05. The van der Waals surface area contributed by atoms with Crippen molar-refractivity contribution in [3.63, 3.8) is 0 Å². The van der Waals surface area contributed by atoms with Crippen LogP contribution >= 0.6 is 0 Å². The number of anilines is 2. The standard InChI is InChI=1S/C12H19N3O/c1-9-6-10(13)7-14-11(9)15-12(2)4-3-5-16-8-12/h6-7H,3-5,8,13H2,1-2H3,(H,14,15). The Morgan fingerprint density at radius 1 is 1.56 bits per heavy atom. The average molecular weight is 221 g/mol. The topological polar surface area (TPSA) is 60.2 Å². The summed E-state index contributed by atoms with van der Waals surface area (Å²) in [5.74, 6) is 0.905. The molecule has 0 spiro atoms. The molecule has 0 bridgehead atoms. The maximum atomic E-state index is 5.68. The molecule has 0 amide bonds. The third-order valence-corrected chi connectivity index (χ3v) is 2.96. The third kappa shape index (κ3) is 2.44. The molecule has 1 unspecified atom stereocenters. The van der Waals surface area contributed by atoms with Crippen molar-refractivity contribution < 1.29 is 4.74 Å². The first-order chi connectivity index (χ1) is 7.59. The number of hydrogen-bond donors (Lipinski definition) is 2. The van der Waals surface area contributed by atoms with Gasteiger partial charge in [-0.25, -0.2) is 4.98 Å². The zero-order chi connectivity index (χ0) is 11.6. The molecule has 1 aromatic heterocycles. The predicted molar refractivity (Wildman–Crippen MR) is 65.5 cm³/mol. The Bertz CT molecular complexity index is 373. The van der Waals surface area contributed by atoms with Gasteiger partial charge >= 0.3 is 0 Å². The van der Waals surface area contributed by atoms with E-state index in [4.69, 9.17) is 10.5 Å². The normalized spacial score (nSPS) is 25.4. The number of ether oxygens (including phenoxy) is 1. The van der Waals surface area contributed by atoms with Crippen LogP contribution < -0.4 is 11.1 Å². The van der Waals surface area contributed by atoms with E-state index in [1.165, 1.54) is 0 Å². The molecule has 2 heterocycles. The van der Waals surface area contributed by atoms with Crippen molar-refractivity contribution in [2.75, 3.05) is 24.3 Å². The zero-order valence-corrected chi connectivity index (χ0v) is 9.92. The summed E-state index contributed by atoms with van der Waals surface area (Å²) in [7, 11) is 0. The Morgan fingerprint density at radius 2 is 2.38 bits per heavy atom. The van der Waals surface area contributed by atoms with Crippen molar-refractivity contribution >= 4 is 11.5 Å². The molecule has 1 aliphatic heterocycles. The van der Waals surface area contributed by atoms with Gasteiger partial charge in [0.15, 0.2) is 0 Å². The van der Waals surface area contributed by atoms with Crippen LogP contribution in [0.4, 0.5) is 11.5 Å². The second-order valence-electron chi connectivity index (χ2n) is 4.78. The molecular formula is C12H19N3O. The molecule has 1 fully saturated rings. The minimum atomic E-state index is -0.00781. The number of aromatic nitrogens is 1. The summed E-state index contributed by atoms with van der Waals surface area (Å²) < 4.78 is 5.51. The van der Waals surface area contributed by atoms with Gasteiger partial charge in [0.1, 0.15) is 5.82 Å². The van der Waals surface area contributed by atoms with Crippen LogP contribution in [-0.2, 0) is 4.74 Å². The molecule has 88 valence electrons. The fraction of sp³-hybridized carbons (Fsp3) is 0.583. The van der Waals surface area contributed by atoms with Crippen LogP contribution in [0.2, 0.25) is 0 Å². The lowest BCUT2D eigenvalue weighted by molar-refractivity contribution is 0.0538. The first kappa shape index (κ1) is 11.2. The van der Waals surface area contributed by atoms with Crippen molar-refractivity contribution in [3.05, 3.63) is 17.8 Å². The highest BCUT2D eigenvalue weighted by Gasteiger charge is 2.28. The Hall–Kier alpha value is -1.29. The number of nitrogens with one attached hydrogen (secondary N) is 1. The third-order valence-electron chi connectivity index (χ3n) is 2.96. The number of rotatable bonds is 2. The van der Waals surface area contributed by atoms with Gasteiger partial charge in [0.2, 0.25) is 0 Å². The summed E-state index contributed by atoms with van der Waals surface area (Å²) in [5.41, 5.74) is 7.45. The maximum Gasteiger partial charge on any atom is 0.129 e. The monoisotopic (exact) mass is 221 g/mol. The molecule has 1 atom stereocenters. The lowest BCUT2D eigenvalue weighted by Gasteiger charge is -2.35. The van der Waals surface area contributed by atoms with Crippen LogP contribution in [0.25, 0.3) is 0 Å². The van der Waals surface area contributed by atoms with Crippen LogP contribution in [0.1, 0.15) is 25.3 Å². The van der Waals surface area contributed by atoms with Crippen molar-refractivity contribution in [2.24, 2.45) is 0 Å². The summed E-state index contributed by atoms with van der Waals surface area (Å²) in [6.45, 7) is 5.78. The highest BCUT2D eigenvalue weighted by molar-refractivity contribution is 5.52. The molecule has 0 saturated carbocycles. The molecule has 1 saturated heterocycles. The Labute approximate surface area is 96.2 Å². The Morgan fingerprint density at radius 3 is 3.00 bits per heavy atom. The molecule has 3 N–H and O–H groups in total. The Kier molecular flexibility index (Phi) is 3.01. The summed E-state index contributed by atoms with van der Waals surface area (Å²) in [4.78, 5) is 4.33. The molecule has 16 heavy (non-hydrogen) atoms. The summed E-state index contributed by atoms with van der Waals surface area (Å²) in [6.07, 6.45) is 3.89. The fourth-order valence-electron chi connectivity index (χ4n) is 2.05. The number of pyridine rings is 1. The van der Waals surface area contributed by atoms with Crippen LogP contribution in [-0.4, -0.2) is 23.7 Å². The molecular weight excluding hydrogens is 202 g/mol. The van der Waals surface area contributed by atoms with Gasteiger partial charge in [0.25, 0.3) is 0 Å². The van der Waals surface area contributed by atoms with E-state index in [9.17, 15) is 0 Å². The predicted octanol–water partition coefficient (Wildman–Crippen LogP) is 1.95. The molecule has 4 nitrogen and oxygen atoms in total. The first-order valence-corrected chi connectivity index (χ1v) is 5.67. The number of nitrogens with two attached hydrogens (primary N) is 1. The highest BCUT2D eigenvalue weighted by Crippen LogP contribution is 2.25. The van der Waals surface area contributed by atoms with Gasteiger partial charge in [-0.3, -0.25) is 0 Å². The van der Waals surface area contributed by atoms with E-state index < -0.39 is 0 Å². The van der Waals surface area contributed by atoms with Gasteiger partial charge < -0.3 is 15.8 Å². The number of nitrogen functional groups attached to an aromatic ring is 1. The van der Waals surface area contributed by atoms with Gasteiger partial charge in [0.05, 0.1) is 24.0 Å². The second-order valence-corrected chi connectivity index (χ2v) is 4.78. The summed E-state index contributed by atoms with van der Waals surface area (Å²) >= 11 is 0. The molecule has 1 aromatic rings. The van der Waals surface area contributed by atoms with Gasteiger partial charge in [-0.2, -0.15) is 0 Å². The van der Waals surface area contributed by atoms with E-state index in [-0.39, 0.29) is 5.54 Å². The van der Waals surface area contributed by atoms with Crippen molar-refractivity contribution in [1.82, 2.24) is 4.98 Å². The van der Waals surface area contributed by atoms with Gasteiger partial charge in [-0.1, -0.05) is 0 Å². The second kappa shape index (κ2) is 4.29. The average Bonchev–Trinajstić information content (AvgIpc) is 2.23. The first-order valence-electron chi connectivity index (χ1n) is 5.67. The van der Waals surface area contributed by atoms with Crippen LogP contribution in [0.5, 0.6) is 0 Å². The Balaban J connectivity index is 2.13. The van der Waals surface area contributed by atoms with Crippen LogP contribution in [0.3, 0.4) is 0 Å². The number of aryl methyl sites for hydroxylation is 1. The number of nitrogens with zero attached hydrogens (tertiary/aromatic N) is 1. The molecule has 2 rings (SSSR count). The number of hydrogen-bond acceptors (Lipinski definition) is 4. The minimum Gasteiger partial charge on any atom is -0.397 e. The van der Waals surface area contributed by atoms with Crippen molar-refractivity contribution in [1.29, 1.82) is 0 Å². The van der Waals surface area contributed by atoms with E-state index in [0.717, 1.165) is 37.4 Å². The lowest BCUT2D eigenvalue weighted by atomic mass is 9.94. The van der Waals surface area contributed by atoms with E-state index in [0.29, 0.717) is 5.69 Å². The van der Waals surface area contributed by atoms with E-state index >= 15 is 0 Å². The summed E-state index contributed by atoms with van der Waals surface area (Å²) in [5, 5.41) is 3.46. The maximum absolute atomic E-state index is 5.68. The largest absolute Gasteiger partial charge is 0.397 e. The van der Waals surface area contributed by atoms with E-state index in [1.807, 2.05) is 13.0 Å². The van der Waals surface area contributed by atoms with Crippen LogP contribution in [0, 0.1) is 6.92 Å². The molecule has 4 heteroatoms. The highest BCUT2D eigenvalue weighted by atomic mass is 16.5. The molecule has 1 aliphatic rings. The van der Waals surface area contributed by atoms with Crippen molar-refractivity contribution in [3.8, 4) is 0 Å². The zero-order valence-electron chi connectivity index (χ0n) is 9.92.